The number of rotatable bonds is 4. The topological polar surface area (TPSA) is 26.8 Å². The van der Waals surface area contributed by atoms with Crippen LogP contribution in [0.4, 0.5) is 0 Å². The molecule has 2 aliphatic heterocycles. The van der Waals surface area contributed by atoms with Crippen LogP contribution in [0.25, 0.3) is 0 Å². The van der Waals surface area contributed by atoms with Crippen molar-refractivity contribution in [1.29, 1.82) is 0 Å². The summed E-state index contributed by atoms with van der Waals surface area (Å²) in [5, 5.41) is 0. The monoisotopic (exact) mass is 341 g/mol. The molecule has 0 bridgehead atoms. The molecule has 0 N–H and O–H groups in total. The number of carbonyl (C=O) groups excluding carboxylic acids is 1. The molecule has 2 saturated heterocycles. The first-order chi connectivity index (χ1) is 12.2. The zero-order chi connectivity index (χ0) is 17.2. The number of hydrogen-bond acceptors (Lipinski definition) is 3. The zero-order valence-electron chi connectivity index (χ0n) is 15.4. The number of hydrogen-bond donors (Lipinski definition) is 0. The Balaban J connectivity index is 1.21. The summed E-state index contributed by atoms with van der Waals surface area (Å²) in [6.07, 6.45) is 4.47. The third-order valence-electron chi connectivity index (χ3n) is 6.42. The summed E-state index contributed by atoms with van der Waals surface area (Å²) in [7, 11) is 2.14. The molecule has 3 fully saturated rings. The molecule has 4 rings (SSSR count). The highest BCUT2D eigenvalue weighted by Gasteiger charge is 2.43. The maximum Gasteiger partial charge on any atom is 0.222 e. The summed E-state index contributed by atoms with van der Waals surface area (Å²) in [6.45, 7) is 6.22. The molecule has 136 valence electrons. The Morgan fingerprint density at radius 1 is 1.00 bits per heavy atom. The highest BCUT2D eigenvalue weighted by molar-refractivity contribution is 5.76. The van der Waals surface area contributed by atoms with E-state index in [1.54, 1.807) is 0 Å². The van der Waals surface area contributed by atoms with E-state index < -0.39 is 0 Å². The number of piperidine rings is 1. The minimum Gasteiger partial charge on any atom is -0.340 e. The molecule has 0 unspecified atom stereocenters. The van der Waals surface area contributed by atoms with Gasteiger partial charge in [0.05, 0.1) is 0 Å². The van der Waals surface area contributed by atoms with Crippen LogP contribution in [0, 0.1) is 5.92 Å². The Bertz CT molecular complexity index is 574. The largest absolute Gasteiger partial charge is 0.340 e. The van der Waals surface area contributed by atoms with E-state index in [2.05, 4.69) is 52.1 Å². The van der Waals surface area contributed by atoms with Crippen molar-refractivity contribution in [2.24, 2.45) is 5.92 Å². The molecule has 2 heterocycles. The highest BCUT2D eigenvalue weighted by Crippen LogP contribution is 2.45. The molecule has 1 amide bonds. The molecule has 1 aromatic rings. The van der Waals surface area contributed by atoms with Crippen molar-refractivity contribution in [1.82, 2.24) is 14.7 Å². The van der Waals surface area contributed by atoms with Gasteiger partial charge < -0.3 is 9.80 Å². The molecule has 0 spiro atoms. The normalized spacial score (nSPS) is 28.9. The second-order valence-electron chi connectivity index (χ2n) is 8.19. The Labute approximate surface area is 151 Å². The lowest BCUT2D eigenvalue weighted by atomic mass is 9.92. The van der Waals surface area contributed by atoms with E-state index in [9.17, 15) is 4.79 Å². The van der Waals surface area contributed by atoms with Gasteiger partial charge in [-0.15, -0.1) is 0 Å². The molecule has 3 aliphatic rings. The summed E-state index contributed by atoms with van der Waals surface area (Å²) < 4.78 is 0. The number of amides is 1. The van der Waals surface area contributed by atoms with Crippen molar-refractivity contribution in [3.05, 3.63) is 35.9 Å². The van der Waals surface area contributed by atoms with Gasteiger partial charge >= 0.3 is 0 Å². The van der Waals surface area contributed by atoms with Crippen LogP contribution in [-0.2, 0) is 4.79 Å². The number of carbonyl (C=O) groups is 1. The molecule has 1 aliphatic carbocycles. The van der Waals surface area contributed by atoms with Crippen LogP contribution in [0.5, 0.6) is 0 Å². The molecule has 4 heteroatoms. The van der Waals surface area contributed by atoms with Crippen molar-refractivity contribution in [2.75, 3.05) is 46.3 Å². The summed E-state index contributed by atoms with van der Waals surface area (Å²) in [4.78, 5) is 19.6. The van der Waals surface area contributed by atoms with Crippen LogP contribution in [0.15, 0.2) is 30.3 Å². The fraction of sp³-hybridized carbons (Fsp3) is 0.667. The smallest absolute Gasteiger partial charge is 0.222 e. The van der Waals surface area contributed by atoms with Gasteiger partial charge in [-0.05, 0) is 50.9 Å². The van der Waals surface area contributed by atoms with Crippen molar-refractivity contribution in [3.63, 3.8) is 0 Å². The minimum atomic E-state index is 0.389. The Morgan fingerprint density at radius 2 is 1.68 bits per heavy atom. The third-order valence-corrected chi connectivity index (χ3v) is 6.42. The van der Waals surface area contributed by atoms with Crippen LogP contribution >= 0.6 is 0 Å². The lowest BCUT2D eigenvalue weighted by Crippen LogP contribution is -2.48. The zero-order valence-corrected chi connectivity index (χ0v) is 15.4. The Hall–Kier alpha value is -1.39. The van der Waals surface area contributed by atoms with E-state index in [0.717, 1.165) is 44.6 Å². The fourth-order valence-electron chi connectivity index (χ4n) is 4.56. The lowest BCUT2D eigenvalue weighted by Gasteiger charge is -2.35. The summed E-state index contributed by atoms with van der Waals surface area (Å²) >= 11 is 0. The van der Waals surface area contributed by atoms with Crippen LogP contribution in [0.3, 0.4) is 0 Å². The Morgan fingerprint density at radius 3 is 2.36 bits per heavy atom. The standard InChI is InChI=1S/C21H31N3O/c1-22-11-13-24(14-12-22)21(25)15-17-7-9-23(10-8-17)20-16-19(20)18-5-3-2-4-6-18/h2-6,17,19-20H,7-16H2,1H3/t19-,20-/m1/s1. The highest BCUT2D eigenvalue weighted by atomic mass is 16.2. The predicted octanol–water partition coefficient (Wildman–Crippen LogP) is 2.42. The molecular formula is C21H31N3O. The number of likely N-dealkylation sites (tertiary alicyclic amines) is 1. The quantitative estimate of drug-likeness (QED) is 0.841. The van der Waals surface area contributed by atoms with Crippen molar-refractivity contribution in [2.45, 2.75) is 37.6 Å². The number of piperazine rings is 1. The molecule has 1 saturated carbocycles. The lowest BCUT2D eigenvalue weighted by molar-refractivity contribution is -0.134. The average molecular weight is 341 g/mol. The fourth-order valence-corrected chi connectivity index (χ4v) is 4.56. The molecule has 0 radical (unpaired) electrons. The molecule has 25 heavy (non-hydrogen) atoms. The van der Waals surface area contributed by atoms with Crippen molar-refractivity contribution < 1.29 is 4.79 Å². The number of nitrogens with zero attached hydrogens (tertiary/aromatic N) is 3. The molecular weight excluding hydrogens is 310 g/mol. The van der Waals surface area contributed by atoms with Gasteiger partial charge in [-0.2, -0.15) is 0 Å². The van der Waals surface area contributed by atoms with Crippen LogP contribution in [0.2, 0.25) is 0 Å². The van der Waals surface area contributed by atoms with E-state index >= 15 is 0 Å². The van der Waals surface area contributed by atoms with Gasteiger partial charge in [-0.3, -0.25) is 9.69 Å². The SMILES string of the molecule is CN1CCN(C(=O)CC2CCN([C@@H]3C[C@@H]3c3ccccc3)CC2)CC1. The second kappa shape index (κ2) is 7.46. The average Bonchev–Trinajstić information content (AvgIpc) is 3.44. The maximum atomic E-state index is 12.5. The van der Waals surface area contributed by atoms with E-state index in [1.807, 2.05) is 0 Å². The summed E-state index contributed by atoms with van der Waals surface area (Å²) in [5.74, 6) is 1.72. The molecule has 2 atom stereocenters. The van der Waals surface area contributed by atoms with Crippen molar-refractivity contribution in [3.8, 4) is 0 Å². The number of benzene rings is 1. The minimum absolute atomic E-state index is 0.389. The van der Waals surface area contributed by atoms with Gasteiger partial charge in [0.25, 0.3) is 0 Å². The first-order valence-electron chi connectivity index (χ1n) is 9.96. The van der Waals surface area contributed by atoms with E-state index in [0.29, 0.717) is 11.8 Å². The molecule has 1 aromatic carbocycles. The van der Waals surface area contributed by atoms with Crippen LogP contribution < -0.4 is 0 Å². The van der Waals surface area contributed by atoms with E-state index in [1.165, 1.54) is 37.9 Å². The van der Waals surface area contributed by atoms with Gasteiger partial charge in [-0.25, -0.2) is 0 Å². The Kier molecular flexibility index (Phi) is 5.09. The van der Waals surface area contributed by atoms with Crippen LogP contribution in [0.1, 0.15) is 37.2 Å². The van der Waals surface area contributed by atoms with Gasteiger partial charge in [0, 0.05) is 44.6 Å². The first-order valence-corrected chi connectivity index (χ1v) is 9.96. The van der Waals surface area contributed by atoms with Gasteiger partial charge in [-0.1, -0.05) is 30.3 Å². The van der Waals surface area contributed by atoms with E-state index in [4.69, 9.17) is 0 Å². The van der Waals surface area contributed by atoms with Gasteiger partial charge in [0.2, 0.25) is 5.91 Å². The number of likely N-dealkylation sites (N-methyl/N-ethyl adjacent to an activating group) is 1. The van der Waals surface area contributed by atoms with Crippen molar-refractivity contribution >= 4 is 5.91 Å². The third kappa shape index (κ3) is 4.06. The summed E-state index contributed by atoms with van der Waals surface area (Å²) in [6, 6.07) is 11.7. The second-order valence-corrected chi connectivity index (χ2v) is 8.19. The van der Waals surface area contributed by atoms with E-state index in [-0.39, 0.29) is 0 Å². The van der Waals surface area contributed by atoms with Gasteiger partial charge in [0.15, 0.2) is 0 Å². The van der Waals surface area contributed by atoms with Gasteiger partial charge in [0.1, 0.15) is 0 Å². The van der Waals surface area contributed by atoms with Crippen LogP contribution in [-0.4, -0.2) is 73.0 Å². The predicted molar refractivity (Wildman–Crippen MR) is 101 cm³/mol. The summed E-state index contributed by atoms with van der Waals surface area (Å²) in [5.41, 5.74) is 1.50. The molecule has 0 aromatic heterocycles. The molecule has 4 nitrogen and oxygen atoms in total. The maximum absolute atomic E-state index is 12.5. The first kappa shape index (κ1) is 17.0.